The van der Waals surface area contributed by atoms with Crippen LogP contribution in [0.2, 0.25) is 0 Å². The zero-order valence-electron chi connectivity index (χ0n) is 14.1. The van der Waals surface area contributed by atoms with Gasteiger partial charge in [0.05, 0.1) is 6.10 Å². The lowest BCUT2D eigenvalue weighted by atomic mass is 9.66. The molecule has 2 aliphatic carbocycles. The van der Waals surface area contributed by atoms with Crippen molar-refractivity contribution in [1.82, 2.24) is 4.90 Å². The molecule has 3 unspecified atom stereocenters. The predicted octanol–water partition coefficient (Wildman–Crippen LogP) is 4.07. The lowest BCUT2D eigenvalue weighted by Gasteiger charge is -2.47. The van der Waals surface area contributed by atoms with Crippen LogP contribution in [0, 0.1) is 17.3 Å². The molecule has 2 rings (SSSR count). The molecule has 0 amide bonds. The standard InChI is InChI=1S/C18H35NO/c1-5-18(2,3)16-11-10-15(20)13-17(16)19(4)12-6-7-14-8-9-14/h14-17,20H,5-13H2,1-4H3. The zero-order valence-corrected chi connectivity index (χ0v) is 14.1. The van der Waals surface area contributed by atoms with Gasteiger partial charge in [0.25, 0.3) is 0 Å². The van der Waals surface area contributed by atoms with Crippen LogP contribution in [0.3, 0.4) is 0 Å². The number of hydrogen-bond acceptors (Lipinski definition) is 2. The molecule has 2 fully saturated rings. The SMILES string of the molecule is CCC(C)(C)C1CCC(O)CC1N(C)CCCC1CC1. The molecule has 0 spiro atoms. The molecule has 3 atom stereocenters. The molecule has 0 aliphatic heterocycles. The average Bonchev–Trinajstić information content (AvgIpc) is 3.22. The first kappa shape index (κ1) is 16.3. The van der Waals surface area contributed by atoms with Gasteiger partial charge in [0, 0.05) is 6.04 Å². The summed E-state index contributed by atoms with van der Waals surface area (Å²) >= 11 is 0. The van der Waals surface area contributed by atoms with Crippen molar-refractivity contribution in [3.05, 3.63) is 0 Å². The van der Waals surface area contributed by atoms with Gasteiger partial charge in [-0.15, -0.1) is 0 Å². The summed E-state index contributed by atoms with van der Waals surface area (Å²) in [6.07, 6.45) is 10.0. The molecule has 118 valence electrons. The monoisotopic (exact) mass is 281 g/mol. The Morgan fingerprint density at radius 2 is 1.85 bits per heavy atom. The van der Waals surface area contributed by atoms with Crippen LogP contribution in [0.1, 0.15) is 72.1 Å². The van der Waals surface area contributed by atoms with Crippen LogP contribution in [0.4, 0.5) is 0 Å². The smallest absolute Gasteiger partial charge is 0.0555 e. The quantitative estimate of drug-likeness (QED) is 0.760. The lowest BCUT2D eigenvalue weighted by molar-refractivity contribution is -0.00963. The summed E-state index contributed by atoms with van der Waals surface area (Å²) in [6.45, 7) is 8.36. The second kappa shape index (κ2) is 6.79. The summed E-state index contributed by atoms with van der Waals surface area (Å²) in [6, 6.07) is 0.577. The molecule has 2 saturated carbocycles. The number of nitrogens with zero attached hydrogens (tertiary/aromatic N) is 1. The van der Waals surface area contributed by atoms with Crippen molar-refractivity contribution >= 4 is 0 Å². The topological polar surface area (TPSA) is 23.5 Å². The maximum Gasteiger partial charge on any atom is 0.0555 e. The number of aliphatic hydroxyl groups excluding tert-OH is 1. The van der Waals surface area contributed by atoms with E-state index in [1.54, 1.807) is 0 Å². The van der Waals surface area contributed by atoms with E-state index >= 15 is 0 Å². The van der Waals surface area contributed by atoms with Crippen molar-refractivity contribution in [2.24, 2.45) is 17.3 Å². The van der Waals surface area contributed by atoms with E-state index in [1.807, 2.05) is 0 Å². The van der Waals surface area contributed by atoms with E-state index in [2.05, 4.69) is 32.7 Å². The van der Waals surface area contributed by atoms with Gasteiger partial charge >= 0.3 is 0 Å². The Kier molecular flexibility index (Phi) is 5.53. The van der Waals surface area contributed by atoms with Crippen molar-refractivity contribution in [2.45, 2.75) is 84.3 Å². The first-order valence-electron chi connectivity index (χ1n) is 8.82. The van der Waals surface area contributed by atoms with Crippen molar-refractivity contribution < 1.29 is 5.11 Å². The van der Waals surface area contributed by atoms with Crippen LogP contribution in [0.15, 0.2) is 0 Å². The minimum atomic E-state index is -0.0743. The van der Waals surface area contributed by atoms with Crippen molar-refractivity contribution in [3.63, 3.8) is 0 Å². The van der Waals surface area contributed by atoms with Gasteiger partial charge in [-0.1, -0.05) is 40.0 Å². The maximum atomic E-state index is 10.1. The molecule has 0 bridgehead atoms. The fourth-order valence-corrected chi connectivity index (χ4v) is 3.99. The number of rotatable bonds is 7. The Labute approximate surface area is 125 Å². The minimum absolute atomic E-state index is 0.0743. The Morgan fingerprint density at radius 3 is 2.45 bits per heavy atom. The van der Waals surface area contributed by atoms with E-state index in [0.717, 1.165) is 24.7 Å². The third-order valence-corrected chi connectivity index (χ3v) is 6.09. The Bertz CT molecular complexity index is 298. The van der Waals surface area contributed by atoms with Crippen LogP contribution >= 0.6 is 0 Å². The van der Waals surface area contributed by atoms with Gasteiger partial charge in [0.1, 0.15) is 0 Å². The third-order valence-electron chi connectivity index (χ3n) is 6.09. The molecule has 0 aromatic heterocycles. The normalized spacial score (nSPS) is 31.8. The summed E-state index contributed by atoms with van der Waals surface area (Å²) < 4.78 is 0. The molecule has 2 nitrogen and oxygen atoms in total. The molecule has 0 saturated heterocycles. The maximum absolute atomic E-state index is 10.1. The highest BCUT2D eigenvalue weighted by Crippen LogP contribution is 2.42. The van der Waals surface area contributed by atoms with E-state index in [9.17, 15) is 5.11 Å². The van der Waals surface area contributed by atoms with E-state index in [0.29, 0.717) is 11.5 Å². The van der Waals surface area contributed by atoms with Crippen LogP contribution < -0.4 is 0 Å². The first-order chi connectivity index (χ1) is 9.44. The van der Waals surface area contributed by atoms with E-state index in [4.69, 9.17) is 0 Å². The molecule has 2 aliphatic rings. The van der Waals surface area contributed by atoms with Gasteiger partial charge in [-0.25, -0.2) is 0 Å². The number of aliphatic hydroxyl groups is 1. The molecular weight excluding hydrogens is 246 g/mol. The Hall–Kier alpha value is -0.0800. The fraction of sp³-hybridized carbons (Fsp3) is 1.00. The van der Waals surface area contributed by atoms with Gasteiger partial charge in [0.2, 0.25) is 0 Å². The van der Waals surface area contributed by atoms with Crippen LogP contribution in [0.25, 0.3) is 0 Å². The second-order valence-corrected chi connectivity index (χ2v) is 8.05. The van der Waals surface area contributed by atoms with Gasteiger partial charge < -0.3 is 10.0 Å². The summed E-state index contributed by atoms with van der Waals surface area (Å²) in [5.41, 5.74) is 0.398. The molecule has 0 heterocycles. The summed E-state index contributed by atoms with van der Waals surface area (Å²) in [5, 5.41) is 10.1. The van der Waals surface area contributed by atoms with E-state index < -0.39 is 0 Å². The largest absolute Gasteiger partial charge is 0.393 e. The zero-order chi connectivity index (χ0) is 14.8. The second-order valence-electron chi connectivity index (χ2n) is 8.05. The highest BCUT2D eigenvalue weighted by molar-refractivity contribution is 4.93. The highest BCUT2D eigenvalue weighted by atomic mass is 16.3. The van der Waals surface area contributed by atoms with Crippen LogP contribution in [-0.4, -0.2) is 35.7 Å². The third kappa shape index (κ3) is 4.21. The summed E-state index contributed by atoms with van der Waals surface area (Å²) in [4.78, 5) is 2.56. The van der Waals surface area contributed by atoms with Gasteiger partial charge in [-0.05, 0) is 62.9 Å². The highest BCUT2D eigenvalue weighted by Gasteiger charge is 2.40. The molecule has 0 aromatic carbocycles. The average molecular weight is 281 g/mol. The van der Waals surface area contributed by atoms with E-state index in [1.165, 1.54) is 45.1 Å². The first-order valence-corrected chi connectivity index (χ1v) is 8.82. The summed E-state index contributed by atoms with van der Waals surface area (Å²) in [7, 11) is 2.29. The minimum Gasteiger partial charge on any atom is -0.393 e. The molecule has 2 heteroatoms. The van der Waals surface area contributed by atoms with Crippen molar-refractivity contribution in [3.8, 4) is 0 Å². The van der Waals surface area contributed by atoms with Crippen LogP contribution in [-0.2, 0) is 0 Å². The summed E-state index contributed by atoms with van der Waals surface area (Å²) in [5.74, 6) is 1.78. The molecule has 0 radical (unpaired) electrons. The van der Waals surface area contributed by atoms with Crippen molar-refractivity contribution in [2.75, 3.05) is 13.6 Å². The number of hydrogen-bond donors (Lipinski definition) is 1. The van der Waals surface area contributed by atoms with E-state index in [-0.39, 0.29) is 6.10 Å². The molecule has 0 aromatic rings. The van der Waals surface area contributed by atoms with Gasteiger partial charge in [-0.3, -0.25) is 0 Å². The predicted molar refractivity (Wildman–Crippen MR) is 85.8 cm³/mol. The Morgan fingerprint density at radius 1 is 1.15 bits per heavy atom. The van der Waals surface area contributed by atoms with Gasteiger partial charge in [-0.2, -0.15) is 0 Å². The van der Waals surface area contributed by atoms with Crippen molar-refractivity contribution in [1.29, 1.82) is 0 Å². The van der Waals surface area contributed by atoms with Crippen LogP contribution in [0.5, 0.6) is 0 Å². The van der Waals surface area contributed by atoms with Gasteiger partial charge in [0.15, 0.2) is 0 Å². The molecule has 20 heavy (non-hydrogen) atoms. The fourth-order valence-electron chi connectivity index (χ4n) is 3.99. The molecule has 1 N–H and O–H groups in total. The lowest BCUT2D eigenvalue weighted by Crippen LogP contribution is -2.49. The molecular formula is C18H35NO. The Balaban J connectivity index is 1.91.